The summed E-state index contributed by atoms with van der Waals surface area (Å²) in [4.78, 5) is 22.8. The van der Waals surface area contributed by atoms with Crippen molar-refractivity contribution in [1.29, 1.82) is 0 Å². The number of hydrogen-bond donors (Lipinski definition) is 1. The van der Waals surface area contributed by atoms with E-state index < -0.39 is 4.92 Å². The summed E-state index contributed by atoms with van der Waals surface area (Å²) >= 11 is 1.58. The molecule has 3 rings (SSSR count). The first-order valence-corrected chi connectivity index (χ1v) is 8.15. The van der Waals surface area contributed by atoms with Crippen LogP contribution in [0, 0.1) is 10.1 Å². The van der Waals surface area contributed by atoms with Crippen LogP contribution in [0.1, 0.15) is 26.8 Å². The van der Waals surface area contributed by atoms with Crippen LogP contribution in [-0.2, 0) is 0 Å². The average Bonchev–Trinajstić information content (AvgIpc) is 3.14. The molecule has 0 amide bonds. The molecule has 1 aromatic heterocycles. The number of anilines is 1. The van der Waals surface area contributed by atoms with Crippen LogP contribution in [0.4, 0.5) is 11.4 Å². The molecule has 120 valence electrons. The molecule has 0 aliphatic carbocycles. The lowest BCUT2D eigenvalue weighted by atomic mass is 10.0. The minimum absolute atomic E-state index is 0.114. The molecule has 2 aromatic carbocycles. The van der Waals surface area contributed by atoms with Crippen molar-refractivity contribution in [2.75, 3.05) is 5.32 Å². The summed E-state index contributed by atoms with van der Waals surface area (Å²) in [7, 11) is 0. The number of aldehydes is 1. The maximum absolute atomic E-state index is 11.3. The fourth-order valence-electron chi connectivity index (χ4n) is 2.47. The minimum Gasteiger partial charge on any atom is -0.368 e. The molecule has 0 bridgehead atoms. The van der Waals surface area contributed by atoms with Crippen molar-refractivity contribution in [3.63, 3.8) is 0 Å². The SMILES string of the molecule is O=Cc1ccc(N[C@@H](c2ccccc2)c2cccs2)c([N+](=O)[O-])c1. The van der Waals surface area contributed by atoms with Gasteiger partial charge in [0.1, 0.15) is 12.0 Å². The highest BCUT2D eigenvalue weighted by molar-refractivity contribution is 7.10. The van der Waals surface area contributed by atoms with Gasteiger partial charge < -0.3 is 5.32 Å². The maximum Gasteiger partial charge on any atom is 0.293 e. The van der Waals surface area contributed by atoms with Crippen LogP contribution in [-0.4, -0.2) is 11.2 Å². The summed E-state index contributed by atoms with van der Waals surface area (Å²) < 4.78 is 0. The Bertz CT molecular complexity index is 848. The number of nitro benzene ring substituents is 1. The van der Waals surface area contributed by atoms with Crippen molar-refractivity contribution < 1.29 is 9.72 Å². The second-order valence-electron chi connectivity index (χ2n) is 5.16. The first kappa shape index (κ1) is 15.9. The molecule has 0 unspecified atom stereocenters. The number of carbonyl (C=O) groups is 1. The average molecular weight is 338 g/mol. The van der Waals surface area contributed by atoms with E-state index in [0.717, 1.165) is 10.4 Å². The van der Waals surface area contributed by atoms with Crippen LogP contribution >= 0.6 is 11.3 Å². The predicted octanol–water partition coefficient (Wildman–Crippen LogP) is 4.67. The van der Waals surface area contributed by atoms with E-state index >= 15 is 0 Å². The normalized spacial score (nSPS) is 11.7. The van der Waals surface area contributed by atoms with Gasteiger partial charge in [-0.15, -0.1) is 11.3 Å². The fourth-order valence-corrected chi connectivity index (χ4v) is 3.27. The van der Waals surface area contributed by atoms with Gasteiger partial charge in [-0.1, -0.05) is 36.4 Å². The molecule has 0 aliphatic heterocycles. The highest BCUT2D eigenvalue weighted by Crippen LogP contribution is 2.33. The van der Waals surface area contributed by atoms with Gasteiger partial charge in [0.2, 0.25) is 0 Å². The second-order valence-corrected chi connectivity index (χ2v) is 6.13. The molecule has 1 atom stereocenters. The van der Waals surface area contributed by atoms with Crippen molar-refractivity contribution in [2.45, 2.75) is 6.04 Å². The first-order valence-electron chi connectivity index (χ1n) is 7.27. The van der Waals surface area contributed by atoms with E-state index in [1.165, 1.54) is 6.07 Å². The van der Waals surface area contributed by atoms with Crippen molar-refractivity contribution >= 4 is 29.0 Å². The summed E-state index contributed by atoms with van der Waals surface area (Å²) in [6.07, 6.45) is 0.602. The Morgan fingerprint density at radius 1 is 1.08 bits per heavy atom. The van der Waals surface area contributed by atoms with Crippen LogP contribution in [0.3, 0.4) is 0 Å². The van der Waals surface area contributed by atoms with E-state index in [1.54, 1.807) is 23.5 Å². The summed E-state index contributed by atoms with van der Waals surface area (Å²) in [6.45, 7) is 0. The van der Waals surface area contributed by atoms with E-state index in [2.05, 4.69) is 5.32 Å². The lowest BCUT2D eigenvalue weighted by Gasteiger charge is -2.19. The fraction of sp³-hybridized carbons (Fsp3) is 0.0556. The summed E-state index contributed by atoms with van der Waals surface area (Å²) in [5.41, 5.74) is 1.55. The van der Waals surface area contributed by atoms with Gasteiger partial charge in [-0.05, 0) is 29.1 Å². The van der Waals surface area contributed by atoms with Gasteiger partial charge in [-0.25, -0.2) is 0 Å². The number of nitro groups is 1. The monoisotopic (exact) mass is 338 g/mol. The molecule has 24 heavy (non-hydrogen) atoms. The lowest BCUT2D eigenvalue weighted by Crippen LogP contribution is -2.12. The Morgan fingerprint density at radius 2 is 1.88 bits per heavy atom. The van der Waals surface area contributed by atoms with E-state index in [-0.39, 0.29) is 17.3 Å². The lowest BCUT2D eigenvalue weighted by molar-refractivity contribution is -0.384. The summed E-state index contributed by atoms with van der Waals surface area (Å²) in [5.74, 6) is 0. The van der Waals surface area contributed by atoms with Crippen molar-refractivity contribution in [1.82, 2.24) is 0 Å². The van der Waals surface area contributed by atoms with Gasteiger partial charge >= 0.3 is 0 Å². The van der Waals surface area contributed by atoms with Crippen LogP contribution in [0.25, 0.3) is 0 Å². The number of rotatable bonds is 6. The van der Waals surface area contributed by atoms with Crippen LogP contribution < -0.4 is 5.32 Å². The number of nitrogens with one attached hydrogen (secondary N) is 1. The molecular weight excluding hydrogens is 324 g/mol. The molecule has 0 radical (unpaired) electrons. The standard InChI is InChI=1S/C18H14N2O3S/c21-12-13-8-9-15(16(11-13)20(22)23)19-18(17-7-4-10-24-17)14-5-2-1-3-6-14/h1-12,18-19H/t18-/m0/s1. The Kier molecular flexibility index (Phi) is 4.67. The molecule has 5 nitrogen and oxygen atoms in total. The van der Waals surface area contributed by atoms with Crippen molar-refractivity contribution in [2.24, 2.45) is 0 Å². The molecule has 1 N–H and O–H groups in total. The molecule has 1 heterocycles. The third-order valence-electron chi connectivity index (χ3n) is 3.62. The molecule has 0 saturated carbocycles. The van der Waals surface area contributed by atoms with Crippen molar-refractivity contribution in [3.05, 3.63) is 92.2 Å². The first-order chi connectivity index (χ1) is 11.7. The van der Waals surface area contributed by atoms with E-state index in [4.69, 9.17) is 0 Å². The Morgan fingerprint density at radius 3 is 2.50 bits per heavy atom. The van der Waals surface area contributed by atoms with Gasteiger partial charge in [0, 0.05) is 16.5 Å². The molecule has 0 aliphatic rings. The quantitative estimate of drug-likeness (QED) is 0.403. The summed E-state index contributed by atoms with van der Waals surface area (Å²) in [5, 5.41) is 16.6. The molecule has 0 spiro atoms. The van der Waals surface area contributed by atoms with Crippen LogP contribution in [0.5, 0.6) is 0 Å². The minimum atomic E-state index is -0.480. The molecular formula is C18H14N2O3S. The van der Waals surface area contributed by atoms with Gasteiger partial charge in [-0.2, -0.15) is 0 Å². The van der Waals surface area contributed by atoms with Crippen LogP contribution in [0.15, 0.2) is 66.0 Å². The van der Waals surface area contributed by atoms with Crippen LogP contribution in [0.2, 0.25) is 0 Å². The van der Waals surface area contributed by atoms with Gasteiger partial charge in [0.15, 0.2) is 0 Å². The molecule has 0 fully saturated rings. The molecule has 0 saturated heterocycles. The Labute approximate surface area is 142 Å². The third-order valence-corrected chi connectivity index (χ3v) is 4.55. The molecule has 3 aromatic rings. The van der Waals surface area contributed by atoms with Crippen molar-refractivity contribution in [3.8, 4) is 0 Å². The van der Waals surface area contributed by atoms with Gasteiger partial charge in [0.25, 0.3) is 5.69 Å². The summed E-state index contributed by atoms with van der Waals surface area (Å²) in [6, 6.07) is 17.9. The van der Waals surface area contributed by atoms with E-state index in [1.807, 2.05) is 47.8 Å². The number of carbonyl (C=O) groups excluding carboxylic acids is 1. The highest BCUT2D eigenvalue weighted by Gasteiger charge is 2.21. The predicted molar refractivity (Wildman–Crippen MR) is 94.7 cm³/mol. The molecule has 6 heteroatoms. The zero-order valence-corrected chi connectivity index (χ0v) is 13.4. The van der Waals surface area contributed by atoms with Gasteiger partial charge in [-0.3, -0.25) is 14.9 Å². The number of hydrogen-bond acceptors (Lipinski definition) is 5. The highest BCUT2D eigenvalue weighted by atomic mass is 32.1. The number of thiophene rings is 1. The second kappa shape index (κ2) is 7.06. The zero-order chi connectivity index (χ0) is 16.9. The Balaban J connectivity index is 2.03. The Hall–Kier alpha value is -2.99. The smallest absolute Gasteiger partial charge is 0.293 e. The number of benzene rings is 2. The topological polar surface area (TPSA) is 72.2 Å². The zero-order valence-electron chi connectivity index (χ0n) is 12.6. The van der Waals surface area contributed by atoms with E-state index in [9.17, 15) is 14.9 Å². The largest absolute Gasteiger partial charge is 0.368 e. The third kappa shape index (κ3) is 3.33. The number of nitrogens with zero attached hydrogens (tertiary/aromatic N) is 1. The van der Waals surface area contributed by atoms with E-state index in [0.29, 0.717) is 12.0 Å². The van der Waals surface area contributed by atoms with Gasteiger partial charge in [0.05, 0.1) is 11.0 Å². The maximum atomic E-state index is 11.3.